The molecule has 2 saturated carbocycles. The summed E-state index contributed by atoms with van der Waals surface area (Å²) in [5.74, 6) is 0.611. The maximum absolute atomic E-state index is 10.6. The molecular formula is C12H20O3S. The van der Waals surface area contributed by atoms with Crippen LogP contribution in [-0.4, -0.2) is 32.8 Å². The Bertz CT molecular complexity index is 311. The number of thioether (sulfide) groups is 1. The predicted molar refractivity (Wildman–Crippen MR) is 64.5 cm³/mol. The van der Waals surface area contributed by atoms with Crippen molar-refractivity contribution in [3.05, 3.63) is 0 Å². The smallest absolute Gasteiger partial charge is 0.313 e. The Morgan fingerprint density at radius 3 is 2.56 bits per heavy atom. The number of carbonyl (C=O) groups is 1. The topological polar surface area (TPSA) is 57.5 Å². The molecule has 2 N–H and O–H groups in total. The number of hydrogen-bond acceptors (Lipinski definition) is 3. The third-order valence-electron chi connectivity index (χ3n) is 4.49. The minimum atomic E-state index is -0.794. The normalized spacial score (nSPS) is 44.9. The fraction of sp³-hybridized carbons (Fsp3) is 0.917. The molecule has 0 aromatic carbocycles. The van der Waals surface area contributed by atoms with Crippen molar-refractivity contribution in [3.63, 3.8) is 0 Å². The second-order valence-electron chi connectivity index (χ2n) is 6.02. The number of hydrogen-bond donors (Lipinski definition) is 2. The lowest BCUT2D eigenvalue weighted by molar-refractivity contribution is -0.133. The third kappa shape index (κ3) is 1.97. The zero-order valence-electron chi connectivity index (χ0n) is 10.1. The molecule has 2 aliphatic rings. The van der Waals surface area contributed by atoms with Crippen LogP contribution in [0.5, 0.6) is 0 Å². The maximum atomic E-state index is 10.6. The monoisotopic (exact) mass is 244 g/mol. The molecule has 3 nitrogen and oxygen atoms in total. The molecule has 0 radical (unpaired) electrons. The summed E-state index contributed by atoms with van der Waals surface area (Å²) in [6.07, 6.45) is 1.78. The lowest BCUT2D eigenvalue weighted by atomic mass is 9.86. The summed E-state index contributed by atoms with van der Waals surface area (Å²) in [6, 6.07) is 0. The Morgan fingerprint density at radius 2 is 2.00 bits per heavy atom. The Balaban J connectivity index is 2.00. The minimum absolute atomic E-state index is 0.0756. The summed E-state index contributed by atoms with van der Waals surface area (Å²) in [6.45, 7) is 6.36. The first-order valence-electron chi connectivity index (χ1n) is 5.81. The predicted octanol–water partition coefficient (Wildman–Crippen LogP) is 1.99. The van der Waals surface area contributed by atoms with Gasteiger partial charge in [0.15, 0.2) is 0 Å². The van der Waals surface area contributed by atoms with E-state index in [-0.39, 0.29) is 11.0 Å². The van der Waals surface area contributed by atoms with E-state index in [9.17, 15) is 9.90 Å². The minimum Gasteiger partial charge on any atom is -0.481 e. The summed E-state index contributed by atoms with van der Waals surface area (Å²) in [7, 11) is 0. The Morgan fingerprint density at radius 1 is 1.38 bits per heavy atom. The molecule has 0 aromatic rings. The second-order valence-corrected chi connectivity index (χ2v) is 7.22. The molecule has 92 valence electrons. The van der Waals surface area contributed by atoms with Crippen molar-refractivity contribution in [1.82, 2.24) is 0 Å². The molecule has 0 heterocycles. The molecule has 0 saturated heterocycles. The zero-order chi connectivity index (χ0) is 12.1. The zero-order valence-corrected chi connectivity index (χ0v) is 10.9. The van der Waals surface area contributed by atoms with Crippen molar-refractivity contribution in [2.24, 2.45) is 17.3 Å². The van der Waals surface area contributed by atoms with Crippen LogP contribution < -0.4 is 0 Å². The first-order valence-corrected chi connectivity index (χ1v) is 6.86. The van der Waals surface area contributed by atoms with Gasteiger partial charge in [0, 0.05) is 5.25 Å². The van der Waals surface area contributed by atoms with Crippen LogP contribution in [0.4, 0.5) is 0 Å². The van der Waals surface area contributed by atoms with E-state index in [0.717, 1.165) is 12.8 Å². The molecule has 0 bridgehead atoms. The summed E-state index contributed by atoms with van der Waals surface area (Å²) in [4.78, 5) is 10.6. The van der Waals surface area contributed by atoms with Crippen LogP contribution in [0.2, 0.25) is 0 Å². The molecule has 4 heteroatoms. The summed E-state index contributed by atoms with van der Waals surface area (Å²) in [5.41, 5.74) is -0.350. The van der Waals surface area contributed by atoms with E-state index in [1.165, 1.54) is 11.8 Å². The van der Waals surface area contributed by atoms with Gasteiger partial charge in [0.25, 0.3) is 0 Å². The molecule has 4 atom stereocenters. The highest BCUT2D eigenvalue weighted by Crippen LogP contribution is 2.67. The van der Waals surface area contributed by atoms with E-state index < -0.39 is 11.6 Å². The van der Waals surface area contributed by atoms with Gasteiger partial charge in [-0.05, 0) is 37.0 Å². The Kier molecular flexibility index (Phi) is 2.78. The number of fused-ring (bicyclic) bond motifs is 1. The van der Waals surface area contributed by atoms with Crippen molar-refractivity contribution >= 4 is 17.7 Å². The van der Waals surface area contributed by atoms with Crippen LogP contribution in [0.25, 0.3) is 0 Å². The molecule has 0 unspecified atom stereocenters. The van der Waals surface area contributed by atoms with E-state index >= 15 is 0 Å². The Hall–Kier alpha value is -0.220. The van der Waals surface area contributed by atoms with Crippen molar-refractivity contribution in [2.45, 2.75) is 44.5 Å². The highest BCUT2D eigenvalue weighted by molar-refractivity contribution is 8.00. The third-order valence-corrected chi connectivity index (χ3v) is 6.01. The van der Waals surface area contributed by atoms with Gasteiger partial charge in [-0.1, -0.05) is 13.8 Å². The molecule has 2 rings (SSSR count). The number of carboxylic acid groups (broad SMARTS) is 1. The van der Waals surface area contributed by atoms with E-state index in [1.807, 2.05) is 6.92 Å². The van der Waals surface area contributed by atoms with Crippen LogP contribution in [0.3, 0.4) is 0 Å². The van der Waals surface area contributed by atoms with Crippen molar-refractivity contribution in [3.8, 4) is 0 Å². The van der Waals surface area contributed by atoms with Crippen molar-refractivity contribution < 1.29 is 15.0 Å². The van der Waals surface area contributed by atoms with Gasteiger partial charge in [-0.15, -0.1) is 11.8 Å². The van der Waals surface area contributed by atoms with Gasteiger partial charge in [0.2, 0.25) is 0 Å². The fourth-order valence-corrected chi connectivity index (χ4v) is 4.35. The standard InChI is InChI=1S/C12H20O3S/c1-11(2)7-4-9(16-6-10(13)14)12(3,15)5-8(7)11/h7-9,15H,4-6H2,1-3H3,(H,13,14)/t7-,8+,9+,12+/m0/s1. The van der Waals surface area contributed by atoms with E-state index in [4.69, 9.17) is 5.11 Å². The number of aliphatic carboxylic acids is 1. The van der Waals surface area contributed by atoms with Gasteiger partial charge >= 0.3 is 5.97 Å². The van der Waals surface area contributed by atoms with E-state index in [1.54, 1.807) is 0 Å². The molecule has 0 aliphatic heterocycles. The van der Waals surface area contributed by atoms with Gasteiger partial charge in [0.05, 0.1) is 11.4 Å². The van der Waals surface area contributed by atoms with Gasteiger partial charge in [-0.3, -0.25) is 4.79 Å². The SMILES string of the molecule is CC1(C)[C@@H]2C[C@@](C)(O)[C@H](SCC(=O)O)C[C@@H]21. The second kappa shape index (κ2) is 3.64. The van der Waals surface area contributed by atoms with Crippen molar-refractivity contribution in [2.75, 3.05) is 5.75 Å². The van der Waals surface area contributed by atoms with Gasteiger partial charge in [0.1, 0.15) is 0 Å². The first kappa shape index (κ1) is 12.2. The van der Waals surface area contributed by atoms with Crippen LogP contribution in [0.15, 0.2) is 0 Å². The quantitative estimate of drug-likeness (QED) is 0.797. The molecular weight excluding hydrogens is 224 g/mol. The average molecular weight is 244 g/mol. The van der Waals surface area contributed by atoms with Crippen LogP contribution >= 0.6 is 11.8 Å². The molecule has 0 amide bonds. The lowest BCUT2D eigenvalue weighted by Crippen LogP contribution is -2.41. The first-order chi connectivity index (χ1) is 7.25. The van der Waals surface area contributed by atoms with Crippen LogP contribution in [0, 0.1) is 17.3 Å². The molecule has 0 aromatic heterocycles. The lowest BCUT2D eigenvalue weighted by Gasteiger charge is -2.36. The molecule has 2 fully saturated rings. The highest BCUT2D eigenvalue weighted by Gasteiger charge is 2.63. The fourth-order valence-electron chi connectivity index (χ4n) is 3.21. The summed E-state index contributed by atoms with van der Waals surface area (Å²) >= 11 is 1.39. The number of carboxylic acids is 1. The largest absolute Gasteiger partial charge is 0.481 e. The number of aliphatic hydroxyl groups is 1. The summed E-state index contributed by atoms with van der Waals surface area (Å²) < 4.78 is 0. The van der Waals surface area contributed by atoms with E-state index in [2.05, 4.69) is 13.8 Å². The van der Waals surface area contributed by atoms with Crippen LogP contribution in [-0.2, 0) is 4.79 Å². The van der Waals surface area contributed by atoms with Gasteiger partial charge < -0.3 is 10.2 Å². The maximum Gasteiger partial charge on any atom is 0.313 e. The average Bonchev–Trinajstić information content (AvgIpc) is 2.62. The molecule has 0 spiro atoms. The molecule has 2 aliphatic carbocycles. The summed E-state index contributed by atoms with van der Waals surface area (Å²) in [5, 5.41) is 19.1. The van der Waals surface area contributed by atoms with Crippen LogP contribution in [0.1, 0.15) is 33.6 Å². The number of rotatable bonds is 3. The highest BCUT2D eigenvalue weighted by atomic mass is 32.2. The van der Waals surface area contributed by atoms with Gasteiger partial charge in [-0.2, -0.15) is 0 Å². The van der Waals surface area contributed by atoms with Gasteiger partial charge in [-0.25, -0.2) is 0 Å². The van der Waals surface area contributed by atoms with Crippen molar-refractivity contribution in [1.29, 1.82) is 0 Å². The van der Waals surface area contributed by atoms with E-state index in [0.29, 0.717) is 17.3 Å². The Labute approximate surface area is 101 Å². The molecule has 16 heavy (non-hydrogen) atoms.